The summed E-state index contributed by atoms with van der Waals surface area (Å²) in [5.41, 5.74) is 5.61. The van der Waals surface area contributed by atoms with Crippen LogP contribution in [0.25, 0.3) is 0 Å². The van der Waals surface area contributed by atoms with E-state index in [2.05, 4.69) is 15.0 Å². The van der Waals surface area contributed by atoms with Gasteiger partial charge in [0, 0.05) is 12.6 Å². The fourth-order valence-electron chi connectivity index (χ4n) is 1.98. The van der Waals surface area contributed by atoms with E-state index in [4.69, 9.17) is 10.5 Å². The van der Waals surface area contributed by atoms with Crippen molar-refractivity contribution in [1.29, 1.82) is 0 Å². The molecule has 9 heteroatoms. The fourth-order valence-corrected chi connectivity index (χ4v) is 3.54. The van der Waals surface area contributed by atoms with Gasteiger partial charge in [-0.3, -0.25) is 0 Å². The minimum Gasteiger partial charge on any atom is -0.464 e. The minimum absolute atomic E-state index is 0.0640. The molecule has 0 radical (unpaired) electrons. The highest BCUT2D eigenvalue weighted by molar-refractivity contribution is 7.91. The predicted octanol–water partition coefficient (Wildman–Crippen LogP) is -0.524. The van der Waals surface area contributed by atoms with Crippen LogP contribution >= 0.6 is 0 Å². The third-order valence-electron chi connectivity index (χ3n) is 2.82. The molecule has 106 valence electrons. The fraction of sp³-hybridized carbons (Fsp3) is 0.700. The first kappa shape index (κ1) is 13.8. The van der Waals surface area contributed by atoms with Gasteiger partial charge in [-0.05, 0) is 13.8 Å². The topological polar surface area (TPSA) is 111 Å². The van der Waals surface area contributed by atoms with Crippen LogP contribution in [0, 0.1) is 0 Å². The lowest BCUT2D eigenvalue weighted by molar-refractivity contribution is 0.312. The smallest absolute Gasteiger partial charge is 0.323 e. The van der Waals surface area contributed by atoms with Crippen LogP contribution in [0.15, 0.2) is 0 Å². The van der Waals surface area contributed by atoms with Crippen molar-refractivity contribution in [2.24, 2.45) is 0 Å². The van der Waals surface area contributed by atoms with Crippen molar-refractivity contribution in [2.45, 2.75) is 19.9 Å². The zero-order valence-corrected chi connectivity index (χ0v) is 11.7. The highest BCUT2D eigenvalue weighted by Crippen LogP contribution is 2.20. The maximum absolute atomic E-state index is 11.5. The largest absolute Gasteiger partial charge is 0.464 e. The predicted molar refractivity (Wildman–Crippen MR) is 70.9 cm³/mol. The molecule has 1 aromatic heterocycles. The molecule has 1 aliphatic rings. The van der Waals surface area contributed by atoms with Crippen molar-refractivity contribution >= 4 is 21.7 Å². The molecular formula is C10H17N5O3S. The molecule has 1 atom stereocenters. The molecule has 0 aromatic carbocycles. The number of sulfone groups is 1. The molecule has 0 amide bonds. The van der Waals surface area contributed by atoms with Crippen LogP contribution in [0.2, 0.25) is 0 Å². The first-order chi connectivity index (χ1) is 8.91. The van der Waals surface area contributed by atoms with Gasteiger partial charge in [-0.25, -0.2) is 8.42 Å². The van der Waals surface area contributed by atoms with Gasteiger partial charge in [0.25, 0.3) is 0 Å². The molecule has 19 heavy (non-hydrogen) atoms. The second kappa shape index (κ2) is 5.16. The third-order valence-corrected chi connectivity index (χ3v) is 4.62. The van der Waals surface area contributed by atoms with Gasteiger partial charge in [0.15, 0.2) is 9.84 Å². The normalized spacial score (nSPS) is 22.2. The Morgan fingerprint density at radius 1 is 1.42 bits per heavy atom. The highest BCUT2D eigenvalue weighted by atomic mass is 32.2. The summed E-state index contributed by atoms with van der Waals surface area (Å²) < 4.78 is 28.3. The number of nitrogens with zero attached hydrogens (tertiary/aromatic N) is 4. The summed E-state index contributed by atoms with van der Waals surface area (Å²) in [6.45, 7) is 4.40. The molecule has 1 aliphatic heterocycles. The van der Waals surface area contributed by atoms with Crippen molar-refractivity contribution in [2.75, 3.05) is 35.3 Å². The van der Waals surface area contributed by atoms with E-state index in [1.807, 2.05) is 18.7 Å². The van der Waals surface area contributed by atoms with E-state index in [0.29, 0.717) is 19.1 Å². The summed E-state index contributed by atoms with van der Waals surface area (Å²) in [7, 11) is -2.98. The van der Waals surface area contributed by atoms with Crippen molar-refractivity contribution < 1.29 is 13.2 Å². The zero-order valence-electron chi connectivity index (χ0n) is 10.9. The molecule has 2 rings (SSSR count). The van der Waals surface area contributed by atoms with Crippen molar-refractivity contribution in [3.63, 3.8) is 0 Å². The number of hydrogen-bond acceptors (Lipinski definition) is 8. The summed E-state index contributed by atoms with van der Waals surface area (Å²) in [5.74, 6) is 0.600. The SMILES string of the molecule is CCOc1nc(N)nc(N2CCS(=O)(=O)CC2C)n1. The molecule has 1 aromatic rings. The summed E-state index contributed by atoms with van der Waals surface area (Å²) >= 11 is 0. The maximum Gasteiger partial charge on any atom is 0.323 e. The summed E-state index contributed by atoms with van der Waals surface area (Å²) in [5, 5.41) is 0. The molecule has 8 nitrogen and oxygen atoms in total. The monoisotopic (exact) mass is 287 g/mol. The summed E-state index contributed by atoms with van der Waals surface area (Å²) in [6, 6.07) is -0.0411. The first-order valence-corrected chi connectivity index (χ1v) is 7.85. The molecule has 2 N–H and O–H groups in total. The van der Waals surface area contributed by atoms with Crippen LogP contribution in [-0.4, -0.2) is 54.1 Å². The van der Waals surface area contributed by atoms with Crippen LogP contribution in [-0.2, 0) is 9.84 Å². The Kier molecular flexibility index (Phi) is 3.74. The first-order valence-electron chi connectivity index (χ1n) is 6.02. The number of rotatable bonds is 3. The second-order valence-corrected chi connectivity index (χ2v) is 6.59. The van der Waals surface area contributed by atoms with Gasteiger partial charge in [0.2, 0.25) is 11.9 Å². The molecule has 1 unspecified atom stereocenters. The Morgan fingerprint density at radius 2 is 2.16 bits per heavy atom. The average molecular weight is 287 g/mol. The number of nitrogens with two attached hydrogens (primary N) is 1. The summed E-state index contributed by atoms with van der Waals surface area (Å²) in [6.07, 6.45) is 0. The van der Waals surface area contributed by atoms with Crippen molar-refractivity contribution in [3.8, 4) is 6.01 Å². The Labute approximate surface area is 111 Å². The van der Waals surface area contributed by atoms with Crippen molar-refractivity contribution in [3.05, 3.63) is 0 Å². The minimum atomic E-state index is -2.98. The molecular weight excluding hydrogens is 270 g/mol. The van der Waals surface area contributed by atoms with E-state index in [1.165, 1.54) is 0 Å². The van der Waals surface area contributed by atoms with Crippen LogP contribution in [0.1, 0.15) is 13.8 Å². The molecule has 2 heterocycles. The van der Waals surface area contributed by atoms with Crippen LogP contribution in [0.5, 0.6) is 6.01 Å². The van der Waals surface area contributed by atoms with Gasteiger partial charge in [-0.15, -0.1) is 0 Å². The van der Waals surface area contributed by atoms with Crippen LogP contribution in [0.4, 0.5) is 11.9 Å². The Bertz CT molecular complexity index is 562. The number of aromatic nitrogens is 3. The van der Waals surface area contributed by atoms with E-state index in [1.54, 1.807) is 0 Å². The van der Waals surface area contributed by atoms with Gasteiger partial charge in [-0.1, -0.05) is 0 Å². The molecule has 0 saturated carbocycles. The molecule has 0 aliphatic carbocycles. The maximum atomic E-state index is 11.5. The van der Waals surface area contributed by atoms with E-state index >= 15 is 0 Å². The zero-order chi connectivity index (χ0) is 14.0. The van der Waals surface area contributed by atoms with Crippen LogP contribution < -0.4 is 15.4 Å². The highest BCUT2D eigenvalue weighted by Gasteiger charge is 2.30. The summed E-state index contributed by atoms with van der Waals surface area (Å²) in [4.78, 5) is 13.9. The number of hydrogen-bond donors (Lipinski definition) is 1. The van der Waals surface area contributed by atoms with Crippen molar-refractivity contribution in [1.82, 2.24) is 15.0 Å². The van der Waals surface area contributed by atoms with Gasteiger partial charge in [0.05, 0.1) is 18.1 Å². The van der Waals surface area contributed by atoms with E-state index in [-0.39, 0.29) is 29.5 Å². The standard InChI is InChI=1S/C10H17N5O3S/c1-3-18-10-13-8(11)12-9(14-10)15-4-5-19(16,17)6-7(15)2/h7H,3-6H2,1-2H3,(H2,11,12,13,14). The second-order valence-electron chi connectivity index (χ2n) is 4.37. The quantitative estimate of drug-likeness (QED) is 0.790. The van der Waals surface area contributed by atoms with Gasteiger partial charge < -0.3 is 15.4 Å². The molecule has 1 saturated heterocycles. The molecule has 0 spiro atoms. The Hall–Kier alpha value is -1.64. The number of anilines is 2. The third kappa shape index (κ3) is 3.22. The van der Waals surface area contributed by atoms with Crippen LogP contribution in [0.3, 0.4) is 0 Å². The lowest BCUT2D eigenvalue weighted by Gasteiger charge is -2.33. The van der Waals surface area contributed by atoms with E-state index in [0.717, 1.165) is 0 Å². The Balaban J connectivity index is 2.26. The number of ether oxygens (including phenoxy) is 1. The van der Waals surface area contributed by atoms with Gasteiger partial charge in [-0.2, -0.15) is 15.0 Å². The number of nitrogen functional groups attached to an aromatic ring is 1. The average Bonchev–Trinajstić information content (AvgIpc) is 2.27. The van der Waals surface area contributed by atoms with Gasteiger partial charge in [0.1, 0.15) is 0 Å². The van der Waals surface area contributed by atoms with Gasteiger partial charge >= 0.3 is 6.01 Å². The van der Waals surface area contributed by atoms with E-state index in [9.17, 15) is 8.42 Å². The Morgan fingerprint density at radius 3 is 2.79 bits per heavy atom. The lowest BCUT2D eigenvalue weighted by atomic mass is 10.3. The van der Waals surface area contributed by atoms with E-state index < -0.39 is 9.84 Å². The molecule has 0 bridgehead atoms. The lowest BCUT2D eigenvalue weighted by Crippen LogP contribution is -2.47. The molecule has 1 fully saturated rings.